The minimum atomic E-state index is -0.261. The summed E-state index contributed by atoms with van der Waals surface area (Å²) in [6, 6.07) is 0. The average Bonchev–Trinajstić information content (AvgIpc) is 2.76. The first-order valence-corrected chi connectivity index (χ1v) is 7.61. The molecule has 19 heavy (non-hydrogen) atoms. The lowest BCUT2D eigenvalue weighted by molar-refractivity contribution is 0.0733. The van der Waals surface area contributed by atoms with Crippen LogP contribution in [0.4, 0.5) is 0 Å². The number of aromatic nitrogens is 3. The highest BCUT2D eigenvalue weighted by Crippen LogP contribution is 2.31. The van der Waals surface area contributed by atoms with Crippen molar-refractivity contribution in [1.29, 1.82) is 0 Å². The third-order valence-electron chi connectivity index (χ3n) is 4.23. The van der Waals surface area contributed by atoms with Crippen LogP contribution in [0.5, 0.6) is 0 Å². The van der Waals surface area contributed by atoms with Crippen LogP contribution in [-0.4, -0.2) is 26.0 Å². The highest BCUT2D eigenvalue weighted by molar-refractivity contribution is 4.90. The number of aliphatic hydroxyl groups is 1. The molecule has 0 saturated heterocycles. The minimum absolute atomic E-state index is 0.261. The Kier molecular flexibility index (Phi) is 4.97. The summed E-state index contributed by atoms with van der Waals surface area (Å²) in [6.07, 6.45) is 6.80. The zero-order chi connectivity index (χ0) is 13.8. The molecule has 4 nitrogen and oxygen atoms in total. The van der Waals surface area contributed by atoms with Crippen molar-refractivity contribution in [2.45, 2.75) is 65.5 Å². The Hall–Kier alpha value is -0.900. The van der Waals surface area contributed by atoms with E-state index in [1.165, 1.54) is 12.8 Å². The zero-order valence-electron chi connectivity index (χ0n) is 12.4. The van der Waals surface area contributed by atoms with E-state index in [9.17, 15) is 5.11 Å². The molecule has 0 bridgehead atoms. The molecule has 0 spiro atoms. The molecule has 1 aromatic rings. The van der Waals surface area contributed by atoms with Crippen molar-refractivity contribution in [3.05, 3.63) is 12.2 Å². The van der Waals surface area contributed by atoms with Crippen molar-refractivity contribution in [2.75, 3.05) is 0 Å². The predicted molar refractivity (Wildman–Crippen MR) is 75.7 cm³/mol. The van der Waals surface area contributed by atoms with E-state index in [2.05, 4.69) is 30.9 Å². The van der Waals surface area contributed by atoms with Crippen LogP contribution in [0.2, 0.25) is 0 Å². The summed E-state index contributed by atoms with van der Waals surface area (Å²) >= 11 is 0. The Morgan fingerprint density at radius 2 is 2.00 bits per heavy atom. The molecule has 0 aromatic carbocycles. The Labute approximate surface area is 116 Å². The van der Waals surface area contributed by atoms with Crippen molar-refractivity contribution >= 4 is 0 Å². The van der Waals surface area contributed by atoms with E-state index < -0.39 is 0 Å². The summed E-state index contributed by atoms with van der Waals surface area (Å²) in [5.74, 6) is 2.75. The van der Waals surface area contributed by atoms with E-state index in [0.29, 0.717) is 18.3 Å². The second kappa shape index (κ2) is 6.51. The molecule has 1 aliphatic rings. The molecule has 0 aliphatic heterocycles. The first kappa shape index (κ1) is 14.5. The highest BCUT2D eigenvalue weighted by Gasteiger charge is 2.26. The van der Waals surface area contributed by atoms with E-state index in [-0.39, 0.29) is 6.10 Å². The maximum Gasteiger partial charge on any atom is 0.138 e. The van der Waals surface area contributed by atoms with Gasteiger partial charge in [0.25, 0.3) is 0 Å². The van der Waals surface area contributed by atoms with Crippen LogP contribution in [0.25, 0.3) is 0 Å². The van der Waals surface area contributed by atoms with E-state index in [1.54, 1.807) is 6.33 Å². The minimum Gasteiger partial charge on any atom is -0.392 e. The Morgan fingerprint density at radius 3 is 2.63 bits per heavy atom. The van der Waals surface area contributed by atoms with Gasteiger partial charge in [0.2, 0.25) is 0 Å². The van der Waals surface area contributed by atoms with Gasteiger partial charge in [-0.3, -0.25) is 0 Å². The van der Waals surface area contributed by atoms with E-state index >= 15 is 0 Å². The molecule has 1 fully saturated rings. The summed E-state index contributed by atoms with van der Waals surface area (Å²) in [7, 11) is 0. The number of aliphatic hydroxyl groups excluding tert-OH is 1. The fourth-order valence-corrected chi connectivity index (χ4v) is 2.97. The van der Waals surface area contributed by atoms with Crippen LogP contribution in [0.15, 0.2) is 6.33 Å². The summed E-state index contributed by atoms with van der Waals surface area (Å²) < 4.78 is 1.94. The van der Waals surface area contributed by atoms with Crippen molar-refractivity contribution < 1.29 is 5.11 Å². The maximum absolute atomic E-state index is 10.4. The molecule has 1 saturated carbocycles. The van der Waals surface area contributed by atoms with Crippen LogP contribution < -0.4 is 0 Å². The lowest BCUT2D eigenvalue weighted by Gasteiger charge is -2.29. The van der Waals surface area contributed by atoms with E-state index in [0.717, 1.165) is 31.1 Å². The second-order valence-electron chi connectivity index (χ2n) is 6.54. The van der Waals surface area contributed by atoms with E-state index in [1.807, 2.05) is 4.68 Å². The van der Waals surface area contributed by atoms with Crippen molar-refractivity contribution in [3.63, 3.8) is 0 Å². The molecule has 1 aromatic heterocycles. The summed E-state index contributed by atoms with van der Waals surface area (Å²) in [5, 5.41) is 14.7. The third-order valence-corrected chi connectivity index (χ3v) is 4.23. The number of hydrogen-bond donors (Lipinski definition) is 1. The first-order chi connectivity index (χ1) is 9.06. The number of hydrogen-bond acceptors (Lipinski definition) is 3. The lowest BCUT2D eigenvalue weighted by atomic mass is 9.79. The standard InChI is InChI=1S/C15H27N3O/c1-11(2)9-18-15(16-10-17-18)8-14(19)13-6-4-12(3)5-7-13/h10-14,19H,4-9H2,1-3H3. The van der Waals surface area contributed by atoms with Crippen LogP contribution in [0.3, 0.4) is 0 Å². The van der Waals surface area contributed by atoms with Gasteiger partial charge in [0, 0.05) is 13.0 Å². The maximum atomic E-state index is 10.4. The Bertz CT molecular complexity index is 380. The van der Waals surface area contributed by atoms with Crippen molar-refractivity contribution in [3.8, 4) is 0 Å². The number of nitrogens with zero attached hydrogens (tertiary/aromatic N) is 3. The molecule has 1 unspecified atom stereocenters. The van der Waals surface area contributed by atoms with Gasteiger partial charge in [-0.2, -0.15) is 5.10 Å². The van der Waals surface area contributed by atoms with Crippen LogP contribution >= 0.6 is 0 Å². The van der Waals surface area contributed by atoms with Gasteiger partial charge in [0.05, 0.1) is 6.10 Å². The average molecular weight is 265 g/mol. The predicted octanol–water partition coefficient (Wildman–Crippen LogP) is 2.66. The Balaban J connectivity index is 1.91. The molecular formula is C15H27N3O. The molecule has 1 N–H and O–H groups in total. The summed E-state index contributed by atoms with van der Waals surface area (Å²) in [4.78, 5) is 4.31. The Morgan fingerprint density at radius 1 is 1.32 bits per heavy atom. The highest BCUT2D eigenvalue weighted by atomic mass is 16.3. The molecule has 1 heterocycles. The summed E-state index contributed by atoms with van der Waals surface area (Å²) in [6.45, 7) is 7.53. The van der Waals surface area contributed by atoms with Gasteiger partial charge in [-0.25, -0.2) is 9.67 Å². The van der Waals surface area contributed by atoms with Gasteiger partial charge in [-0.15, -0.1) is 0 Å². The molecule has 2 rings (SSSR count). The van der Waals surface area contributed by atoms with Crippen LogP contribution in [0, 0.1) is 17.8 Å². The van der Waals surface area contributed by atoms with E-state index in [4.69, 9.17) is 0 Å². The van der Waals surface area contributed by atoms with Gasteiger partial charge in [-0.1, -0.05) is 33.6 Å². The van der Waals surface area contributed by atoms with Gasteiger partial charge < -0.3 is 5.11 Å². The van der Waals surface area contributed by atoms with Gasteiger partial charge >= 0.3 is 0 Å². The summed E-state index contributed by atoms with van der Waals surface area (Å²) in [5.41, 5.74) is 0. The number of rotatable bonds is 5. The smallest absolute Gasteiger partial charge is 0.138 e. The first-order valence-electron chi connectivity index (χ1n) is 7.61. The lowest BCUT2D eigenvalue weighted by Crippen LogP contribution is -2.28. The van der Waals surface area contributed by atoms with Crippen LogP contribution in [-0.2, 0) is 13.0 Å². The molecule has 108 valence electrons. The monoisotopic (exact) mass is 265 g/mol. The molecule has 0 amide bonds. The van der Waals surface area contributed by atoms with Gasteiger partial charge in [-0.05, 0) is 30.6 Å². The van der Waals surface area contributed by atoms with Crippen molar-refractivity contribution in [1.82, 2.24) is 14.8 Å². The SMILES string of the molecule is CC(C)Cn1ncnc1CC(O)C1CCC(C)CC1. The zero-order valence-corrected chi connectivity index (χ0v) is 12.4. The van der Waals surface area contributed by atoms with Crippen molar-refractivity contribution in [2.24, 2.45) is 17.8 Å². The van der Waals surface area contributed by atoms with Gasteiger partial charge in [0.15, 0.2) is 0 Å². The molecule has 1 aliphatic carbocycles. The normalized spacial score (nSPS) is 25.7. The fourth-order valence-electron chi connectivity index (χ4n) is 2.97. The van der Waals surface area contributed by atoms with Crippen LogP contribution in [0.1, 0.15) is 52.3 Å². The molecule has 0 radical (unpaired) electrons. The quantitative estimate of drug-likeness (QED) is 0.890. The molecule has 4 heteroatoms. The molecule has 1 atom stereocenters. The topological polar surface area (TPSA) is 50.9 Å². The van der Waals surface area contributed by atoms with Gasteiger partial charge in [0.1, 0.15) is 12.2 Å². The largest absolute Gasteiger partial charge is 0.392 e. The molecular weight excluding hydrogens is 238 g/mol. The second-order valence-corrected chi connectivity index (χ2v) is 6.54. The fraction of sp³-hybridized carbons (Fsp3) is 0.867. The third kappa shape index (κ3) is 4.03.